The zero-order valence-corrected chi connectivity index (χ0v) is 6.40. The summed E-state index contributed by atoms with van der Waals surface area (Å²) in [5.41, 5.74) is 0.826. The molecule has 0 amide bonds. The molecular formula is C7H9NOS. The summed E-state index contributed by atoms with van der Waals surface area (Å²) < 4.78 is 0. The fourth-order valence-electron chi connectivity index (χ4n) is 0.913. The van der Waals surface area contributed by atoms with Crippen LogP contribution in [0.1, 0.15) is 29.5 Å². The van der Waals surface area contributed by atoms with Crippen LogP contribution in [0.5, 0.6) is 0 Å². The molecule has 1 aliphatic rings. The Kier molecular flexibility index (Phi) is 1.47. The van der Waals surface area contributed by atoms with Gasteiger partial charge in [-0.05, 0) is 12.8 Å². The standard InChI is InChI=1S/C7H9NOS/c9-3-6-4-10-7(8-6)5-1-2-5/h4-5,9H,1-3H2. The van der Waals surface area contributed by atoms with Crippen LogP contribution in [0.15, 0.2) is 5.38 Å². The van der Waals surface area contributed by atoms with E-state index < -0.39 is 0 Å². The summed E-state index contributed by atoms with van der Waals surface area (Å²) in [5.74, 6) is 0.727. The zero-order valence-electron chi connectivity index (χ0n) is 5.58. The summed E-state index contributed by atoms with van der Waals surface area (Å²) in [7, 11) is 0. The molecule has 1 saturated carbocycles. The third kappa shape index (κ3) is 1.07. The van der Waals surface area contributed by atoms with E-state index in [9.17, 15) is 0 Å². The van der Waals surface area contributed by atoms with Crippen LogP contribution in [-0.2, 0) is 6.61 Å². The van der Waals surface area contributed by atoms with Crippen molar-refractivity contribution in [1.29, 1.82) is 0 Å². The highest BCUT2D eigenvalue weighted by Crippen LogP contribution is 2.41. The van der Waals surface area contributed by atoms with Crippen LogP contribution in [-0.4, -0.2) is 10.1 Å². The lowest BCUT2D eigenvalue weighted by Gasteiger charge is -1.84. The molecular weight excluding hydrogens is 146 g/mol. The first-order chi connectivity index (χ1) is 4.90. The van der Waals surface area contributed by atoms with Gasteiger partial charge in [0.15, 0.2) is 0 Å². The molecule has 2 nitrogen and oxygen atoms in total. The highest BCUT2D eigenvalue weighted by Gasteiger charge is 2.26. The minimum Gasteiger partial charge on any atom is -0.390 e. The first-order valence-corrected chi connectivity index (χ1v) is 4.33. The summed E-state index contributed by atoms with van der Waals surface area (Å²) in [6.45, 7) is 0.0865. The Morgan fingerprint density at radius 3 is 3.00 bits per heavy atom. The highest BCUT2D eigenvalue weighted by molar-refractivity contribution is 7.09. The molecule has 1 heterocycles. The first-order valence-electron chi connectivity index (χ1n) is 3.45. The maximum atomic E-state index is 8.70. The topological polar surface area (TPSA) is 33.1 Å². The van der Waals surface area contributed by atoms with Gasteiger partial charge in [-0.25, -0.2) is 4.98 Å². The van der Waals surface area contributed by atoms with E-state index in [-0.39, 0.29) is 6.61 Å². The van der Waals surface area contributed by atoms with E-state index in [1.54, 1.807) is 11.3 Å². The molecule has 0 aliphatic heterocycles. The highest BCUT2D eigenvalue weighted by atomic mass is 32.1. The van der Waals surface area contributed by atoms with Crippen LogP contribution in [0.4, 0.5) is 0 Å². The van der Waals surface area contributed by atoms with E-state index in [0.717, 1.165) is 11.6 Å². The van der Waals surface area contributed by atoms with Crippen LogP contribution in [0.2, 0.25) is 0 Å². The Hall–Kier alpha value is -0.410. The fraction of sp³-hybridized carbons (Fsp3) is 0.571. The molecule has 0 atom stereocenters. The molecule has 1 aliphatic carbocycles. The Morgan fingerprint density at radius 1 is 1.70 bits per heavy atom. The molecule has 10 heavy (non-hydrogen) atoms. The van der Waals surface area contributed by atoms with Crippen molar-refractivity contribution in [2.45, 2.75) is 25.4 Å². The number of thiazole rings is 1. The molecule has 3 heteroatoms. The number of hydrogen-bond donors (Lipinski definition) is 1. The normalized spacial score (nSPS) is 17.7. The quantitative estimate of drug-likeness (QED) is 0.702. The second kappa shape index (κ2) is 2.32. The van der Waals surface area contributed by atoms with E-state index in [1.165, 1.54) is 17.8 Å². The molecule has 0 bridgehead atoms. The smallest absolute Gasteiger partial charge is 0.0960 e. The Balaban J connectivity index is 2.19. The molecule has 0 unspecified atom stereocenters. The van der Waals surface area contributed by atoms with E-state index in [4.69, 9.17) is 5.11 Å². The van der Waals surface area contributed by atoms with Gasteiger partial charge < -0.3 is 5.11 Å². The molecule has 1 aromatic rings. The lowest BCUT2D eigenvalue weighted by Crippen LogP contribution is -1.82. The van der Waals surface area contributed by atoms with Gasteiger partial charge in [0.2, 0.25) is 0 Å². The van der Waals surface area contributed by atoms with Gasteiger partial charge in [-0.3, -0.25) is 0 Å². The average molecular weight is 155 g/mol. The third-order valence-corrected chi connectivity index (χ3v) is 2.71. The van der Waals surface area contributed by atoms with E-state index >= 15 is 0 Å². The number of rotatable bonds is 2. The average Bonchev–Trinajstić information content (AvgIpc) is 2.70. The van der Waals surface area contributed by atoms with E-state index in [0.29, 0.717) is 0 Å². The van der Waals surface area contributed by atoms with Gasteiger partial charge in [0.25, 0.3) is 0 Å². The van der Waals surface area contributed by atoms with Gasteiger partial charge >= 0.3 is 0 Å². The predicted octanol–water partition coefficient (Wildman–Crippen LogP) is 1.51. The largest absolute Gasteiger partial charge is 0.390 e. The van der Waals surface area contributed by atoms with Crippen LogP contribution in [0, 0.1) is 0 Å². The van der Waals surface area contributed by atoms with E-state index in [1.807, 2.05) is 5.38 Å². The molecule has 54 valence electrons. The summed E-state index contributed by atoms with van der Waals surface area (Å²) in [6.07, 6.45) is 2.58. The van der Waals surface area contributed by atoms with Crippen molar-refractivity contribution < 1.29 is 5.11 Å². The molecule has 2 rings (SSSR count). The summed E-state index contributed by atoms with van der Waals surface area (Å²) in [4.78, 5) is 4.26. The summed E-state index contributed by atoms with van der Waals surface area (Å²) in [6, 6.07) is 0. The Labute approximate surface area is 63.5 Å². The van der Waals surface area contributed by atoms with E-state index in [2.05, 4.69) is 4.98 Å². The van der Waals surface area contributed by atoms with Crippen molar-refractivity contribution in [1.82, 2.24) is 4.98 Å². The number of hydrogen-bond acceptors (Lipinski definition) is 3. The molecule has 1 N–H and O–H groups in total. The first kappa shape index (κ1) is 6.31. The van der Waals surface area contributed by atoms with Crippen molar-refractivity contribution in [2.75, 3.05) is 0 Å². The second-order valence-electron chi connectivity index (χ2n) is 2.61. The molecule has 1 fully saturated rings. The van der Waals surface area contributed by atoms with Crippen molar-refractivity contribution in [3.63, 3.8) is 0 Å². The molecule has 1 aromatic heterocycles. The molecule has 0 aromatic carbocycles. The number of nitrogens with zero attached hydrogens (tertiary/aromatic N) is 1. The molecule has 0 radical (unpaired) electrons. The molecule has 0 saturated heterocycles. The van der Waals surface area contributed by atoms with Gasteiger partial charge in [-0.15, -0.1) is 11.3 Å². The van der Waals surface area contributed by atoms with Crippen LogP contribution in [0.25, 0.3) is 0 Å². The second-order valence-corrected chi connectivity index (χ2v) is 3.50. The summed E-state index contributed by atoms with van der Waals surface area (Å²) in [5, 5.41) is 11.8. The minimum absolute atomic E-state index is 0.0865. The van der Waals surface area contributed by atoms with Crippen molar-refractivity contribution in [3.05, 3.63) is 16.1 Å². The predicted molar refractivity (Wildman–Crippen MR) is 40.0 cm³/mol. The number of aromatic nitrogens is 1. The minimum atomic E-state index is 0.0865. The van der Waals surface area contributed by atoms with Gasteiger partial charge in [0, 0.05) is 11.3 Å². The SMILES string of the molecule is OCc1csc(C2CC2)n1. The number of aliphatic hydroxyl groups is 1. The lowest BCUT2D eigenvalue weighted by atomic mass is 10.4. The molecule has 0 spiro atoms. The van der Waals surface area contributed by atoms with Crippen molar-refractivity contribution >= 4 is 11.3 Å². The maximum absolute atomic E-state index is 8.70. The van der Waals surface area contributed by atoms with Crippen molar-refractivity contribution in [3.8, 4) is 0 Å². The monoisotopic (exact) mass is 155 g/mol. The van der Waals surface area contributed by atoms with Gasteiger partial charge in [0.05, 0.1) is 17.3 Å². The number of aliphatic hydroxyl groups excluding tert-OH is 1. The van der Waals surface area contributed by atoms with Gasteiger partial charge in [-0.2, -0.15) is 0 Å². The zero-order chi connectivity index (χ0) is 6.97. The van der Waals surface area contributed by atoms with Gasteiger partial charge in [-0.1, -0.05) is 0 Å². The van der Waals surface area contributed by atoms with Crippen LogP contribution in [0.3, 0.4) is 0 Å². The Bertz CT molecular complexity index is 229. The maximum Gasteiger partial charge on any atom is 0.0960 e. The lowest BCUT2D eigenvalue weighted by molar-refractivity contribution is 0.277. The van der Waals surface area contributed by atoms with Crippen LogP contribution >= 0.6 is 11.3 Å². The fourth-order valence-corrected chi connectivity index (χ4v) is 1.90. The summed E-state index contributed by atoms with van der Waals surface area (Å²) >= 11 is 1.67. The van der Waals surface area contributed by atoms with Crippen LogP contribution < -0.4 is 0 Å². The van der Waals surface area contributed by atoms with Gasteiger partial charge in [0.1, 0.15) is 0 Å². The van der Waals surface area contributed by atoms with Crippen molar-refractivity contribution in [2.24, 2.45) is 0 Å². The Morgan fingerprint density at radius 2 is 2.50 bits per heavy atom. The third-order valence-electron chi connectivity index (χ3n) is 1.66.